The standard InChI is InChI=1S/C20H28N2O4/c1-19(2,3)26-18(24)21-11-9-20(10-12-21)15-22(13-14-25-20)17(23)16-7-5-4-6-8-16/h4-8H,9-15H2,1-3H3. The van der Waals surface area contributed by atoms with Crippen molar-refractivity contribution in [3.05, 3.63) is 35.9 Å². The summed E-state index contributed by atoms with van der Waals surface area (Å²) < 4.78 is 11.5. The first-order valence-corrected chi connectivity index (χ1v) is 9.24. The van der Waals surface area contributed by atoms with Gasteiger partial charge in [0.1, 0.15) is 5.60 Å². The topological polar surface area (TPSA) is 59.1 Å². The number of rotatable bonds is 1. The number of nitrogens with zero attached hydrogens (tertiary/aromatic N) is 2. The second-order valence-corrected chi connectivity index (χ2v) is 8.09. The van der Waals surface area contributed by atoms with Crippen LogP contribution in [0.4, 0.5) is 4.79 Å². The van der Waals surface area contributed by atoms with Gasteiger partial charge >= 0.3 is 6.09 Å². The van der Waals surface area contributed by atoms with Crippen molar-refractivity contribution in [3.8, 4) is 0 Å². The molecule has 142 valence electrons. The molecule has 2 aliphatic heterocycles. The number of amides is 2. The first-order chi connectivity index (χ1) is 12.3. The molecule has 1 spiro atoms. The van der Waals surface area contributed by atoms with Gasteiger partial charge in [0.15, 0.2) is 0 Å². The van der Waals surface area contributed by atoms with Crippen molar-refractivity contribution in [3.63, 3.8) is 0 Å². The first kappa shape index (κ1) is 18.7. The van der Waals surface area contributed by atoms with Crippen molar-refractivity contribution < 1.29 is 19.1 Å². The molecule has 6 nitrogen and oxygen atoms in total. The van der Waals surface area contributed by atoms with Crippen LogP contribution in [-0.2, 0) is 9.47 Å². The highest BCUT2D eigenvalue weighted by atomic mass is 16.6. The van der Waals surface area contributed by atoms with Crippen molar-refractivity contribution in [2.75, 3.05) is 32.8 Å². The van der Waals surface area contributed by atoms with E-state index >= 15 is 0 Å². The number of benzene rings is 1. The molecule has 2 saturated heterocycles. The van der Waals surface area contributed by atoms with Crippen LogP contribution in [0, 0.1) is 0 Å². The summed E-state index contributed by atoms with van der Waals surface area (Å²) in [7, 11) is 0. The van der Waals surface area contributed by atoms with Gasteiger partial charge in [-0.3, -0.25) is 4.79 Å². The molecule has 0 atom stereocenters. The number of hydrogen-bond donors (Lipinski definition) is 0. The minimum atomic E-state index is -0.494. The molecule has 26 heavy (non-hydrogen) atoms. The number of carbonyl (C=O) groups excluding carboxylic acids is 2. The number of ether oxygens (including phenoxy) is 2. The van der Waals surface area contributed by atoms with Gasteiger partial charge in [-0.1, -0.05) is 18.2 Å². The largest absolute Gasteiger partial charge is 0.444 e. The Bertz CT molecular complexity index is 646. The van der Waals surface area contributed by atoms with Crippen LogP contribution in [0.15, 0.2) is 30.3 Å². The maximum Gasteiger partial charge on any atom is 0.410 e. The molecular weight excluding hydrogens is 332 g/mol. The first-order valence-electron chi connectivity index (χ1n) is 9.24. The minimum absolute atomic E-state index is 0.0443. The molecule has 0 N–H and O–H groups in total. The van der Waals surface area contributed by atoms with E-state index in [1.807, 2.05) is 56.0 Å². The highest BCUT2D eigenvalue weighted by Crippen LogP contribution is 2.31. The van der Waals surface area contributed by atoms with Crippen LogP contribution in [0.5, 0.6) is 0 Å². The summed E-state index contributed by atoms with van der Waals surface area (Å²) in [5.41, 5.74) is -0.149. The van der Waals surface area contributed by atoms with E-state index in [-0.39, 0.29) is 17.6 Å². The third-order valence-electron chi connectivity index (χ3n) is 4.88. The lowest BCUT2D eigenvalue weighted by molar-refractivity contribution is -0.126. The Balaban J connectivity index is 1.60. The van der Waals surface area contributed by atoms with Crippen LogP contribution < -0.4 is 0 Å². The summed E-state index contributed by atoms with van der Waals surface area (Å²) in [4.78, 5) is 28.6. The van der Waals surface area contributed by atoms with E-state index < -0.39 is 5.60 Å². The van der Waals surface area contributed by atoms with E-state index in [4.69, 9.17) is 9.47 Å². The fourth-order valence-electron chi connectivity index (χ4n) is 3.51. The van der Waals surface area contributed by atoms with E-state index in [1.54, 1.807) is 4.90 Å². The fourth-order valence-corrected chi connectivity index (χ4v) is 3.51. The molecule has 6 heteroatoms. The minimum Gasteiger partial charge on any atom is -0.444 e. The molecule has 0 aromatic heterocycles. The summed E-state index contributed by atoms with van der Waals surface area (Å²) in [6, 6.07) is 9.35. The van der Waals surface area contributed by atoms with Gasteiger partial charge in [0.05, 0.1) is 18.8 Å². The molecule has 1 aromatic rings. The van der Waals surface area contributed by atoms with E-state index in [0.29, 0.717) is 51.2 Å². The van der Waals surface area contributed by atoms with Crippen LogP contribution in [-0.4, -0.2) is 65.8 Å². The Labute approximate surface area is 155 Å². The number of hydrogen-bond acceptors (Lipinski definition) is 4. The van der Waals surface area contributed by atoms with Crippen molar-refractivity contribution in [2.24, 2.45) is 0 Å². The maximum atomic E-state index is 12.7. The van der Waals surface area contributed by atoms with Crippen LogP contribution >= 0.6 is 0 Å². The molecule has 0 bridgehead atoms. The highest BCUT2D eigenvalue weighted by molar-refractivity contribution is 5.94. The predicted octanol–water partition coefficient (Wildman–Crippen LogP) is 2.93. The Morgan fingerprint density at radius 3 is 2.31 bits per heavy atom. The van der Waals surface area contributed by atoms with Crippen molar-refractivity contribution in [1.29, 1.82) is 0 Å². The van der Waals surface area contributed by atoms with E-state index in [2.05, 4.69) is 0 Å². The van der Waals surface area contributed by atoms with Gasteiger partial charge in [0.25, 0.3) is 5.91 Å². The number of piperidine rings is 1. The summed E-state index contributed by atoms with van der Waals surface area (Å²) in [5, 5.41) is 0. The van der Waals surface area contributed by atoms with Gasteiger partial charge in [-0.05, 0) is 45.7 Å². The van der Waals surface area contributed by atoms with Gasteiger partial charge in [0, 0.05) is 25.2 Å². The van der Waals surface area contributed by atoms with Gasteiger partial charge < -0.3 is 19.3 Å². The number of morpholine rings is 1. The van der Waals surface area contributed by atoms with Gasteiger partial charge in [-0.15, -0.1) is 0 Å². The lowest BCUT2D eigenvalue weighted by Crippen LogP contribution is -2.58. The zero-order valence-corrected chi connectivity index (χ0v) is 15.9. The third-order valence-corrected chi connectivity index (χ3v) is 4.88. The van der Waals surface area contributed by atoms with Crippen molar-refractivity contribution in [2.45, 2.75) is 44.8 Å². The van der Waals surface area contributed by atoms with E-state index in [9.17, 15) is 9.59 Å². The van der Waals surface area contributed by atoms with E-state index in [0.717, 1.165) is 0 Å². The van der Waals surface area contributed by atoms with Crippen LogP contribution in [0.2, 0.25) is 0 Å². The number of carbonyl (C=O) groups is 2. The molecule has 0 aliphatic carbocycles. The van der Waals surface area contributed by atoms with Crippen LogP contribution in [0.25, 0.3) is 0 Å². The lowest BCUT2D eigenvalue weighted by atomic mass is 9.89. The van der Waals surface area contributed by atoms with Crippen LogP contribution in [0.1, 0.15) is 44.0 Å². The second kappa shape index (κ2) is 7.27. The second-order valence-electron chi connectivity index (χ2n) is 8.09. The normalized spacial score (nSPS) is 20.1. The van der Waals surface area contributed by atoms with Gasteiger partial charge in [0.2, 0.25) is 0 Å². The van der Waals surface area contributed by atoms with Crippen LogP contribution in [0.3, 0.4) is 0 Å². The fraction of sp³-hybridized carbons (Fsp3) is 0.600. The Kier molecular flexibility index (Phi) is 5.23. The molecule has 2 aliphatic rings. The SMILES string of the molecule is CC(C)(C)OC(=O)N1CCC2(CC1)CN(C(=O)c1ccccc1)CCO2. The predicted molar refractivity (Wildman–Crippen MR) is 98.1 cm³/mol. The van der Waals surface area contributed by atoms with Gasteiger partial charge in [-0.25, -0.2) is 4.79 Å². The zero-order chi connectivity index (χ0) is 18.8. The summed E-state index contributed by atoms with van der Waals surface area (Å²) in [5.74, 6) is 0.0443. The molecule has 2 fully saturated rings. The maximum absolute atomic E-state index is 12.7. The average molecular weight is 360 g/mol. The van der Waals surface area contributed by atoms with E-state index in [1.165, 1.54) is 0 Å². The molecule has 2 heterocycles. The Hall–Kier alpha value is -2.08. The van der Waals surface area contributed by atoms with Crippen molar-refractivity contribution >= 4 is 12.0 Å². The smallest absolute Gasteiger partial charge is 0.410 e. The summed E-state index contributed by atoms with van der Waals surface area (Å²) in [6.45, 7) is 8.48. The average Bonchev–Trinajstić information content (AvgIpc) is 2.61. The lowest BCUT2D eigenvalue weighted by Gasteiger charge is -2.47. The quantitative estimate of drug-likeness (QED) is 0.773. The Morgan fingerprint density at radius 1 is 1.04 bits per heavy atom. The molecule has 0 radical (unpaired) electrons. The summed E-state index contributed by atoms with van der Waals surface area (Å²) >= 11 is 0. The molecule has 0 saturated carbocycles. The van der Waals surface area contributed by atoms with Crippen molar-refractivity contribution in [1.82, 2.24) is 9.80 Å². The highest BCUT2D eigenvalue weighted by Gasteiger charge is 2.42. The molecule has 2 amide bonds. The number of likely N-dealkylation sites (tertiary alicyclic amines) is 1. The summed E-state index contributed by atoms with van der Waals surface area (Å²) in [6.07, 6.45) is 1.15. The van der Waals surface area contributed by atoms with Gasteiger partial charge in [-0.2, -0.15) is 0 Å². The molecular formula is C20H28N2O4. The molecule has 3 rings (SSSR count). The Morgan fingerprint density at radius 2 is 1.69 bits per heavy atom. The third kappa shape index (κ3) is 4.36. The monoisotopic (exact) mass is 360 g/mol. The molecule has 1 aromatic carbocycles. The molecule has 0 unspecified atom stereocenters. The zero-order valence-electron chi connectivity index (χ0n) is 15.9.